The van der Waals surface area contributed by atoms with Crippen molar-refractivity contribution in [3.63, 3.8) is 0 Å². The van der Waals surface area contributed by atoms with Gasteiger partial charge in [0, 0.05) is 12.6 Å². The lowest BCUT2D eigenvalue weighted by molar-refractivity contribution is 0.0696. The Labute approximate surface area is 110 Å². The zero-order valence-electron chi connectivity index (χ0n) is 10.6. The van der Waals surface area contributed by atoms with Crippen LogP contribution in [0.3, 0.4) is 0 Å². The average Bonchev–Trinajstić information content (AvgIpc) is 3.17. The number of hydrogen-bond donors (Lipinski definition) is 3. The standard InChI is InChI=1S/C13H16N2O4/c1-2-15(9-4-5-9)13(19)14-10-6-3-8(12(17)18)7-11(10)16/h3,6-7,9,16H,2,4-5H2,1H3,(H,14,19)(H,17,18). The lowest BCUT2D eigenvalue weighted by Gasteiger charge is -2.21. The van der Waals surface area contributed by atoms with Crippen LogP contribution in [0, 0.1) is 0 Å². The molecule has 0 heterocycles. The molecule has 0 bridgehead atoms. The van der Waals surface area contributed by atoms with Crippen LogP contribution >= 0.6 is 0 Å². The molecule has 1 aliphatic carbocycles. The van der Waals surface area contributed by atoms with Gasteiger partial charge in [0.05, 0.1) is 11.3 Å². The second-order valence-corrected chi connectivity index (χ2v) is 4.48. The molecule has 102 valence electrons. The van der Waals surface area contributed by atoms with Crippen molar-refractivity contribution in [2.45, 2.75) is 25.8 Å². The van der Waals surface area contributed by atoms with E-state index in [1.54, 1.807) is 4.90 Å². The van der Waals surface area contributed by atoms with Gasteiger partial charge < -0.3 is 20.4 Å². The number of urea groups is 1. The third-order valence-corrected chi connectivity index (χ3v) is 3.08. The molecule has 0 saturated heterocycles. The molecule has 6 nitrogen and oxygen atoms in total. The highest BCUT2D eigenvalue weighted by atomic mass is 16.4. The second-order valence-electron chi connectivity index (χ2n) is 4.48. The first-order valence-corrected chi connectivity index (χ1v) is 6.17. The molecular formula is C13H16N2O4. The third-order valence-electron chi connectivity index (χ3n) is 3.08. The maximum absolute atomic E-state index is 12.0. The Kier molecular flexibility index (Phi) is 3.59. The number of anilines is 1. The predicted octanol–water partition coefficient (Wildman–Crippen LogP) is 2.11. The zero-order chi connectivity index (χ0) is 14.0. The van der Waals surface area contributed by atoms with Crippen LogP contribution in [0.5, 0.6) is 5.75 Å². The molecule has 2 amide bonds. The fourth-order valence-corrected chi connectivity index (χ4v) is 1.91. The summed E-state index contributed by atoms with van der Waals surface area (Å²) >= 11 is 0. The quantitative estimate of drug-likeness (QED) is 0.726. The van der Waals surface area contributed by atoms with E-state index in [1.807, 2.05) is 6.92 Å². The van der Waals surface area contributed by atoms with E-state index in [9.17, 15) is 14.7 Å². The Bertz CT molecular complexity index is 511. The summed E-state index contributed by atoms with van der Waals surface area (Å²) in [6.07, 6.45) is 2.01. The molecule has 1 aromatic rings. The molecule has 1 aromatic carbocycles. The molecule has 1 fully saturated rings. The fraction of sp³-hybridized carbons (Fsp3) is 0.385. The molecular weight excluding hydrogens is 248 g/mol. The zero-order valence-corrected chi connectivity index (χ0v) is 10.6. The minimum Gasteiger partial charge on any atom is -0.506 e. The lowest BCUT2D eigenvalue weighted by Crippen LogP contribution is -2.36. The van der Waals surface area contributed by atoms with Gasteiger partial charge in [0.2, 0.25) is 0 Å². The highest BCUT2D eigenvalue weighted by molar-refractivity contribution is 5.93. The molecule has 19 heavy (non-hydrogen) atoms. The molecule has 0 aromatic heterocycles. The van der Waals surface area contributed by atoms with Crippen molar-refractivity contribution in [3.8, 4) is 5.75 Å². The van der Waals surface area contributed by atoms with Crippen LogP contribution in [0.15, 0.2) is 18.2 Å². The largest absolute Gasteiger partial charge is 0.506 e. The summed E-state index contributed by atoms with van der Waals surface area (Å²) in [4.78, 5) is 24.4. The topological polar surface area (TPSA) is 89.9 Å². The number of aromatic hydroxyl groups is 1. The minimum absolute atomic E-state index is 0.0231. The smallest absolute Gasteiger partial charge is 0.335 e. The number of phenols is 1. The lowest BCUT2D eigenvalue weighted by atomic mass is 10.2. The first-order chi connectivity index (χ1) is 9.02. The van der Waals surface area contributed by atoms with E-state index in [0.717, 1.165) is 18.9 Å². The number of hydrogen-bond acceptors (Lipinski definition) is 3. The average molecular weight is 264 g/mol. The predicted molar refractivity (Wildman–Crippen MR) is 69.5 cm³/mol. The first kappa shape index (κ1) is 13.2. The number of carboxylic acid groups (broad SMARTS) is 1. The summed E-state index contributed by atoms with van der Waals surface area (Å²) in [6.45, 7) is 2.50. The van der Waals surface area contributed by atoms with Gasteiger partial charge in [-0.25, -0.2) is 9.59 Å². The van der Waals surface area contributed by atoms with Crippen LogP contribution in [0.4, 0.5) is 10.5 Å². The molecule has 3 N–H and O–H groups in total. The summed E-state index contributed by atoms with van der Waals surface area (Å²) in [6, 6.07) is 3.85. The van der Waals surface area contributed by atoms with Crippen molar-refractivity contribution >= 4 is 17.7 Å². The van der Waals surface area contributed by atoms with Gasteiger partial charge >= 0.3 is 12.0 Å². The van der Waals surface area contributed by atoms with Crippen molar-refractivity contribution in [2.75, 3.05) is 11.9 Å². The number of carboxylic acids is 1. The van der Waals surface area contributed by atoms with Gasteiger partial charge in [-0.05, 0) is 38.0 Å². The fourth-order valence-electron chi connectivity index (χ4n) is 1.91. The Morgan fingerprint density at radius 1 is 1.42 bits per heavy atom. The Morgan fingerprint density at radius 2 is 2.11 bits per heavy atom. The van der Waals surface area contributed by atoms with Gasteiger partial charge in [-0.1, -0.05) is 0 Å². The van der Waals surface area contributed by atoms with Crippen LogP contribution in [0.1, 0.15) is 30.1 Å². The maximum Gasteiger partial charge on any atom is 0.335 e. The molecule has 0 spiro atoms. The van der Waals surface area contributed by atoms with Crippen LogP contribution in [-0.2, 0) is 0 Å². The molecule has 0 radical (unpaired) electrons. The van der Waals surface area contributed by atoms with E-state index in [-0.39, 0.29) is 29.1 Å². The molecule has 0 aliphatic heterocycles. The van der Waals surface area contributed by atoms with E-state index in [4.69, 9.17) is 5.11 Å². The minimum atomic E-state index is -1.12. The van der Waals surface area contributed by atoms with Crippen LogP contribution in [0.2, 0.25) is 0 Å². The normalized spacial score (nSPS) is 13.9. The van der Waals surface area contributed by atoms with Crippen LogP contribution in [0.25, 0.3) is 0 Å². The number of rotatable bonds is 4. The van der Waals surface area contributed by atoms with Gasteiger partial charge in [-0.15, -0.1) is 0 Å². The van der Waals surface area contributed by atoms with Crippen molar-refractivity contribution in [3.05, 3.63) is 23.8 Å². The summed E-state index contributed by atoms with van der Waals surface area (Å²) < 4.78 is 0. The highest BCUT2D eigenvalue weighted by Crippen LogP contribution is 2.29. The van der Waals surface area contributed by atoms with Gasteiger partial charge in [-0.2, -0.15) is 0 Å². The van der Waals surface area contributed by atoms with Crippen LogP contribution in [-0.4, -0.2) is 39.7 Å². The molecule has 0 unspecified atom stereocenters. The van der Waals surface area contributed by atoms with Crippen molar-refractivity contribution in [2.24, 2.45) is 0 Å². The Balaban J connectivity index is 2.10. The van der Waals surface area contributed by atoms with E-state index < -0.39 is 5.97 Å². The monoisotopic (exact) mass is 264 g/mol. The van der Waals surface area contributed by atoms with E-state index in [2.05, 4.69) is 5.32 Å². The molecule has 2 rings (SSSR count). The Morgan fingerprint density at radius 3 is 2.58 bits per heavy atom. The summed E-state index contributed by atoms with van der Waals surface area (Å²) in [5.74, 6) is -1.37. The number of nitrogens with one attached hydrogen (secondary N) is 1. The van der Waals surface area contributed by atoms with Gasteiger partial charge in [-0.3, -0.25) is 0 Å². The van der Waals surface area contributed by atoms with Gasteiger partial charge in [0.25, 0.3) is 0 Å². The van der Waals surface area contributed by atoms with E-state index >= 15 is 0 Å². The molecule has 0 atom stereocenters. The summed E-state index contributed by atoms with van der Waals surface area (Å²) in [5.41, 5.74) is 0.194. The van der Waals surface area contributed by atoms with Crippen LogP contribution < -0.4 is 5.32 Å². The SMILES string of the molecule is CCN(C(=O)Nc1ccc(C(=O)O)cc1O)C1CC1. The van der Waals surface area contributed by atoms with E-state index in [1.165, 1.54) is 12.1 Å². The number of carbonyl (C=O) groups is 2. The molecule has 6 heteroatoms. The number of amides is 2. The Hall–Kier alpha value is -2.24. The number of benzene rings is 1. The number of phenolic OH excluding ortho intramolecular Hbond substituents is 1. The molecule has 1 saturated carbocycles. The number of carbonyl (C=O) groups excluding carboxylic acids is 1. The van der Waals surface area contributed by atoms with Crippen molar-refractivity contribution in [1.82, 2.24) is 4.90 Å². The van der Waals surface area contributed by atoms with Crippen molar-refractivity contribution in [1.29, 1.82) is 0 Å². The second kappa shape index (κ2) is 5.17. The van der Waals surface area contributed by atoms with Crippen molar-refractivity contribution < 1.29 is 19.8 Å². The first-order valence-electron chi connectivity index (χ1n) is 6.17. The number of aromatic carboxylic acids is 1. The van der Waals surface area contributed by atoms with Gasteiger partial charge in [0.15, 0.2) is 0 Å². The van der Waals surface area contributed by atoms with Gasteiger partial charge in [0.1, 0.15) is 5.75 Å². The summed E-state index contributed by atoms with van der Waals surface area (Å²) in [7, 11) is 0. The molecule has 1 aliphatic rings. The van der Waals surface area contributed by atoms with E-state index in [0.29, 0.717) is 6.54 Å². The highest BCUT2D eigenvalue weighted by Gasteiger charge is 2.31. The maximum atomic E-state index is 12.0. The summed E-state index contributed by atoms with van der Waals surface area (Å²) in [5, 5.41) is 21.1. The third kappa shape index (κ3) is 2.96. The number of nitrogens with zero attached hydrogens (tertiary/aromatic N) is 1.